The molecule has 0 spiro atoms. The van der Waals surface area contributed by atoms with E-state index in [1.807, 2.05) is 5.32 Å². The highest BCUT2D eigenvalue weighted by atomic mass is 16.4. The molecule has 4 N–H and O–H groups in total. The third-order valence-corrected chi connectivity index (χ3v) is 2.04. The minimum Gasteiger partial charge on any atom is -0.481 e. The Bertz CT molecular complexity index is 535. The van der Waals surface area contributed by atoms with Gasteiger partial charge in [-0.15, -0.1) is 0 Å². The Morgan fingerprint density at radius 2 is 2.00 bits per heavy atom. The number of carbonyl (C=O) groups excluding carboxylic acids is 1. The van der Waals surface area contributed by atoms with Crippen LogP contribution in [0.15, 0.2) is 23.1 Å². The van der Waals surface area contributed by atoms with Crippen LogP contribution in [-0.4, -0.2) is 39.1 Å². The number of hydrogen-bond donors (Lipinski definition) is 4. The van der Waals surface area contributed by atoms with Crippen molar-refractivity contribution in [3.8, 4) is 0 Å². The zero-order chi connectivity index (χ0) is 13.7. The van der Waals surface area contributed by atoms with Crippen molar-refractivity contribution in [1.29, 1.82) is 0 Å². The second-order valence-electron chi connectivity index (χ2n) is 3.38. The molecule has 0 saturated carbocycles. The fraction of sp³-hybridized carbons (Fsp3) is 0.200. The van der Waals surface area contributed by atoms with E-state index in [2.05, 4.69) is 4.98 Å². The summed E-state index contributed by atoms with van der Waals surface area (Å²) in [5.74, 6) is -3.80. The number of nitrogens with one attached hydrogen (secondary N) is 2. The molecule has 1 aromatic heterocycles. The lowest BCUT2D eigenvalue weighted by Crippen LogP contribution is -2.43. The molecule has 8 nitrogen and oxygen atoms in total. The van der Waals surface area contributed by atoms with Crippen LogP contribution in [0, 0.1) is 0 Å². The van der Waals surface area contributed by atoms with Crippen LogP contribution in [0.1, 0.15) is 16.8 Å². The van der Waals surface area contributed by atoms with E-state index in [0.717, 1.165) is 0 Å². The predicted octanol–water partition coefficient (Wildman–Crippen LogP) is -0.967. The number of rotatable bonds is 5. The number of hydrogen-bond acceptors (Lipinski definition) is 4. The molecule has 0 aliphatic rings. The number of aromatic nitrogens is 1. The molecule has 0 radical (unpaired) electrons. The minimum atomic E-state index is -1.59. The number of aliphatic carboxylic acids is 2. The van der Waals surface area contributed by atoms with Gasteiger partial charge in [0.05, 0.1) is 6.42 Å². The molecule has 0 unspecified atom stereocenters. The summed E-state index contributed by atoms with van der Waals surface area (Å²) in [6.45, 7) is 0. The van der Waals surface area contributed by atoms with Crippen molar-refractivity contribution in [2.45, 2.75) is 12.5 Å². The van der Waals surface area contributed by atoms with Crippen LogP contribution in [0.3, 0.4) is 0 Å². The van der Waals surface area contributed by atoms with E-state index < -0.39 is 35.9 Å². The number of carboxylic acids is 2. The van der Waals surface area contributed by atoms with Gasteiger partial charge in [0.2, 0.25) is 0 Å². The molecule has 0 aliphatic heterocycles. The van der Waals surface area contributed by atoms with Gasteiger partial charge in [0.1, 0.15) is 11.6 Å². The van der Waals surface area contributed by atoms with Crippen molar-refractivity contribution in [2.24, 2.45) is 0 Å². The van der Waals surface area contributed by atoms with Crippen molar-refractivity contribution in [3.05, 3.63) is 34.2 Å². The molecule has 1 heterocycles. The zero-order valence-electron chi connectivity index (χ0n) is 9.04. The third kappa shape index (κ3) is 3.44. The van der Waals surface area contributed by atoms with Crippen LogP contribution in [-0.2, 0) is 9.59 Å². The Balaban J connectivity index is 2.85. The smallest absolute Gasteiger partial charge is 0.326 e. The van der Waals surface area contributed by atoms with Gasteiger partial charge in [-0.1, -0.05) is 0 Å². The molecule has 8 heteroatoms. The average molecular weight is 254 g/mol. The van der Waals surface area contributed by atoms with E-state index in [9.17, 15) is 19.2 Å². The largest absolute Gasteiger partial charge is 0.481 e. The summed E-state index contributed by atoms with van der Waals surface area (Å²) in [5, 5.41) is 19.2. The quantitative estimate of drug-likeness (QED) is 0.533. The summed E-state index contributed by atoms with van der Waals surface area (Å²) < 4.78 is 0. The highest BCUT2D eigenvalue weighted by Gasteiger charge is 2.24. The fourth-order valence-corrected chi connectivity index (χ4v) is 1.21. The molecule has 0 aromatic carbocycles. The van der Waals surface area contributed by atoms with Gasteiger partial charge in [-0.05, 0) is 12.1 Å². The van der Waals surface area contributed by atoms with Crippen molar-refractivity contribution in [3.63, 3.8) is 0 Å². The molecule has 1 rings (SSSR count). The van der Waals surface area contributed by atoms with Gasteiger partial charge in [0, 0.05) is 6.20 Å². The summed E-state index contributed by atoms with van der Waals surface area (Å²) in [5.41, 5.74) is -0.969. The van der Waals surface area contributed by atoms with Gasteiger partial charge in [-0.3, -0.25) is 14.4 Å². The first-order chi connectivity index (χ1) is 8.41. The third-order valence-electron chi connectivity index (χ3n) is 2.04. The maximum absolute atomic E-state index is 11.6. The molecule has 0 aliphatic carbocycles. The first-order valence-corrected chi connectivity index (χ1v) is 4.85. The van der Waals surface area contributed by atoms with Crippen molar-refractivity contribution in [1.82, 2.24) is 10.3 Å². The van der Waals surface area contributed by atoms with Crippen LogP contribution in [0.25, 0.3) is 0 Å². The lowest BCUT2D eigenvalue weighted by Gasteiger charge is -2.11. The number of aromatic amines is 1. The number of carboxylic acid groups (broad SMARTS) is 2. The number of H-pyrrole nitrogens is 1. The molecule has 0 saturated heterocycles. The maximum atomic E-state index is 11.6. The van der Waals surface area contributed by atoms with Gasteiger partial charge < -0.3 is 20.5 Å². The first kappa shape index (κ1) is 13.4. The van der Waals surface area contributed by atoms with Crippen LogP contribution < -0.4 is 10.9 Å². The summed E-state index contributed by atoms with van der Waals surface area (Å²) in [6.07, 6.45) is 0.539. The number of amides is 1. The molecule has 0 bridgehead atoms. The summed E-state index contributed by atoms with van der Waals surface area (Å²) in [4.78, 5) is 46.2. The standard InChI is InChI=1S/C10H10N2O6/c13-7(14)4-6(10(17)18)12-9(16)5-2-1-3-11-8(5)15/h1-3,6H,4H2,(H,11,15)(H,12,16)(H,13,14)(H,17,18)/t6-/m0/s1. The lowest BCUT2D eigenvalue weighted by molar-refractivity contribution is -0.145. The Labute approximate surface area is 100 Å². The zero-order valence-corrected chi connectivity index (χ0v) is 9.04. The number of carbonyl (C=O) groups is 3. The first-order valence-electron chi connectivity index (χ1n) is 4.85. The monoisotopic (exact) mass is 254 g/mol. The average Bonchev–Trinajstić information content (AvgIpc) is 2.27. The van der Waals surface area contributed by atoms with Crippen LogP contribution in [0.2, 0.25) is 0 Å². The molecule has 18 heavy (non-hydrogen) atoms. The Morgan fingerprint density at radius 3 is 2.50 bits per heavy atom. The van der Waals surface area contributed by atoms with E-state index in [-0.39, 0.29) is 5.56 Å². The second kappa shape index (κ2) is 5.62. The second-order valence-corrected chi connectivity index (χ2v) is 3.38. The van der Waals surface area contributed by atoms with E-state index in [1.165, 1.54) is 18.3 Å². The Morgan fingerprint density at radius 1 is 1.33 bits per heavy atom. The van der Waals surface area contributed by atoms with Crippen molar-refractivity contribution in [2.75, 3.05) is 0 Å². The fourth-order valence-electron chi connectivity index (χ4n) is 1.21. The molecule has 1 aromatic rings. The molecular formula is C10H10N2O6. The molecule has 1 atom stereocenters. The highest BCUT2D eigenvalue weighted by molar-refractivity contribution is 5.96. The lowest BCUT2D eigenvalue weighted by atomic mass is 10.2. The van der Waals surface area contributed by atoms with E-state index in [1.54, 1.807) is 0 Å². The number of pyridine rings is 1. The van der Waals surface area contributed by atoms with Crippen LogP contribution in [0.5, 0.6) is 0 Å². The Kier molecular flexibility index (Phi) is 4.19. The van der Waals surface area contributed by atoms with Crippen molar-refractivity contribution >= 4 is 17.8 Å². The highest BCUT2D eigenvalue weighted by Crippen LogP contribution is 1.96. The molecular weight excluding hydrogens is 244 g/mol. The summed E-state index contributed by atoms with van der Waals surface area (Å²) >= 11 is 0. The molecule has 1 amide bonds. The normalized spacial score (nSPS) is 11.6. The van der Waals surface area contributed by atoms with Gasteiger partial charge >= 0.3 is 11.9 Å². The summed E-state index contributed by atoms with van der Waals surface area (Å²) in [7, 11) is 0. The van der Waals surface area contributed by atoms with Gasteiger partial charge in [-0.2, -0.15) is 0 Å². The van der Waals surface area contributed by atoms with Gasteiger partial charge in [0.25, 0.3) is 11.5 Å². The maximum Gasteiger partial charge on any atom is 0.326 e. The topological polar surface area (TPSA) is 137 Å². The predicted molar refractivity (Wildman–Crippen MR) is 58.2 cm³/mol. The van der Waals surface area contributed by atoms with Crippen molar-refractivity contribution < 1.29 is 24.6 Å². The molecule has 0 fully saturated rings. The van der Waals surface area contributed by atoms with Crippen LogP contribution >= 0.6 is 0 Å². The van der Waals surface area contributed by atoms with Crippen LogP contribution in [0.4, 0.5) is 0 Å². The SMILES string of the molecule is O=C(O)C[C@H](NC(=O)c1ccc[nH]c1=O)C(=O)O. The van der Waals surface area contributed by atoms with E-state index >= 15 is 0 Å². The van der Waals surface area contributed by atoms with E-state index in [4.69, 9.17) is 10.2 Å². The summed E-state index contributed by atoms with van der Waals surface area (Å²) in [6, 6.07) is 1.01. The Hall–Kier alpha value is -2.64. The molecule has 96 valence electrons. The minimum absolute atomic E-state index is 0.283. The van der Waals surface area contributed by atoms with Gasteiger partial charge in [-0.25, -0.2) is 4.79 Å². The van der Waals surface area contributed by atoms with Gasteiger partial charge in [0.15, 0.2) is 0 Å². The van der Waals surface area contributed by atoms with E-state index in [0.29, 0.717) is 0 Å².